The van der Waals surface area contributed by atoms with Gasteiger partial charge >= 0.3 is 0 Å². The van der Waals surface area contributed by atoms with Crippen molar-refractivity contribution in [2.45, 2.75) is 46.1 Å². The number of carbonyl (C=O) groups is 2. The second-order valence-corrected chi connectivity index (χ2v) is 7.12. The molecule has 1 aromatic rings. The number of anilines is 1. The number of hydrogen-bond donors (Lipinski definition) is 2. The maximum Gasteiger partial charge on any atom is 0.253 e. The molecule has 1 heterocycles. The number of piperidine rings is 1. The number of benzene rings is 1. The van der Waals surface area contributed by atoms with Crippen molar-refractivity contribution in [1.29, 1.82) is 0 Å². The van der Waals surface area contributed by atoms with Crippen molar-refractivity contribution in [2.24, 2.45) is 11.8 Å². The lowest BCUT2D eigenvalue weighted by Crippen LogP contribution is -2.37. The summed E-state index contributed by atoms with van der Waals surface area (Å²) in [6.45, 7) is 7.59. The van der Waals surface area contributed by atoms with E-state index < -0.39 is 6.10 Å². The molecule has 2 N–H and O–H groups in total. The van der Waals surface area contributed by atoms with E-state index in [0.29, 0.717) is 17.2 Å². The summed E-state index contributed by atoms with van der Waals surface area (Å²) in [6.07, 6.45) is 1.54. The van der Waals surface area contributed by atoms with Gasteiger partial charge in [-0.25, -0.2) is 0 Å². The molecule has 1 aliphatic rings. The summed E-state index contributed by atoms with van der Waals surface area (Å²) >= 11 is 0. The molecule has 0 bridgehead atoms. The molecule has 1 aliphatic heterocycles. The van der Waals surface area contributed by atoms with E-state index in [-0.39, 0.29) is 24.2 Å². The fourth-order valence-electron chi connectivity index (χ4n) is 2.73. The number of rotatable bonds is 5. The second kappa shape index (κ2) is 8.29. The van der Waals surface area contributed by atoms with E-state index in [4.69, 9.17) is 0 Å². The van der Waals surface area contributed by atoms with E-state index in [1.165, 1.54) is 0 Å². The van der Waals surface area contributed by atoms with Crippen molar-refractivity contribution in [2.75, 3.05) is 18.4 Å². The summed E-state index contributed by atoms with van der Waals surface area (Å²) in [6, 6.07) is 6.96. The monoisotopic (exact) mass is 332 g/mol. The summed E-state index contributed by atoms with van der Waals surface area (Å²) in [5, 5.41) is 12.5. The number of nitrogens with zero attached hydrogens (tertiary/aromatic N) is 1. The van der Waals surface area contributed by atoms with Gasteiger partial charge in [0.15, 0.2) is 0 Å². The Morgan fingerprint density at radius 1 is 1.21 bits per heavy atom. The van der Waals surface area contributed by atoms with Gasteiger partial charge < -0.3 is 15.3 Å². The molecule has 5 nitrogen and oxygen atoms in total. The van der Waals surface area contributed by atoms with Crippen molar-refractivity contribution < 1.29 is 14.7 Å². The Bertz CT molecular complexity index is 560. The second-order valence-electron chi connectivity index (χ2n) is 7.12. The fourth-order valence-corrected chi connectivity index (χ4v) is 2.73. The number of amides is 2. The molecule has 1 fully saturated rings. The third kappa shape index (κ3) is 5.06. The Labute approximate surface area is 144 Å². The van der Waals surface area contributed by atoms with Crippen LogP contribution < -0.4 is 5.32 Å². The van der Waals surface area contributed by atoms with Gasteiger partial charge in [-0.2, -0.15) is 0 Å². The van der Waals surface area contributed by atoms with Crippen LogP contribution in [0.15, 0.2) is 24.3 Å². The Kier molecular flexibility index (Phi) is 6.37. The van der Waals surface area contributed by atoms with Crippen LogP contribution in [0.4, 0.5) is 5.69 Å². The number of hydrogen-bond acceptors (Lipinski definition) is 3. The third-order valence-electron chi connectivity index (χ3n) is 4.65. The first-order valence-electron chi connectivity index (χ1n) is 8.74. The van der Waals surface area contributed by atoms with Gasteiger partial charge in [0, 0.05) is 24.3 Å². The molecule has 1 unspecified atom stereocenters. The van der Waals surface area contributed by atoms with E-state index in [9.17, 15) is 14.7 Å². The third-order valence-corrected chi connectivity index (χ3v) is 4.65. The van der Waals surface area contributed by atoms with Crippen molar-refractivity contribution in [1.82, 2.24) is 4.90 Å². The smallest absolute Gasteiger partial charge is 0.253 e. The van der Waals surface area contributed by atoms with Gasteiger partial charge in [-0.05, 0) is 48.9 Å². The lowest BCUT2D eigenvalue weighted by atomic mass is 9.98. The fraction of sp³-hybridized carbons (Fsp3) is 0.579. The van der Waals surface area contributed by atoms with Crippen molar-refractivity contribution in [3.8, 4) is 0 Å². The average Bonchev–Trinajstić information content (AvgIpc) is 2.55. The molecular weight excluding hydrogens is 304 g/mol. The predicted octanol–water partition coefficient (Wildman–Crippen LogP) is 2.90. The van der Waals surface area contributed by atoms with Crippen LogP contribution in [0.1, 0.15) is 50.4 Å². The first-order valence-corrected chi connectivity index (χ1v) is 8.74. The number of carbonyl (C=O) groups excluding carboxylic acids is 2. The van der Waals surface area contributed by atoms with Gasteiger partial charge in [0.05, 0.1) is 12.5 Å². The van der Waals surface area contributed by atoms with Gasteiger partial charge in [-0.3, -0.25) is 9.59 Å². The molecule has 0 aromatic heterocycles. The van der Waals surface area contributed by atoms with E-state index in [0.717, 1.165) is 25.9 Å². The minimum Gasteiger partial charge on any atom is -0.392 e. The zero-order chi connectivity index (χ0) is 17.7. The maximum absolute atomic E-state index is 12.5. The highest BCUT2D eigenvalue weighted by Gasteiger charge is 2.21. The van der Waals surface area contributed by atoms with Crippen molar-refractivity contribution in [3.05, 3.63) is 29.8 Å². The maximum atomic E-state index is 12.5. The van der Waals surface area contributed by atoms with Gasteiger partial charge in [0.25, 0.3) is 5.91 Å². The molecule has 1 atom stereocenters. The molecule has 0 radical (unpaired) electrons. The molecule has 2 rings (SSSR count). The summed E-state index contributed by atoms with van der Waals surface area (Å²) in [5.41, 5.74) is 1.28. The summed E-state index contributed by atoms with van der Waals surface area (Å²) in [4.78, 5) is 26.2. The Morgan fingerprint density at radius 3 is 2.33 bits per heavy atom. The van der Waals surface area contributed by atoms with E-state index in [2.05, 4.69) is 12.2 Å². The Balaban J connectivity index is 1.90. The van der Waals surface area contributed by atoms with E-state index >= 15 is 0 Å². The highest BCUT2D eigenvalue weighted by Crippen LogP contribution is 2.19. The van der Waals surface area contributed by atoms with Crippen LogP contribution in [0.2, 0.25) is 0 Å². The van der Waals surface area contributed by atoms with E-state index in [1.807, 2.05) is 18.7 Å². The minimum absolute atomic E-state index is 0.0445. The van der Waals surface area contributed by atoms with Crippen LogP contribution in [-0.4, -0.2) is 41.0 Å². The largest absolute Gasteiger partial charge is 0.392 e. The van der Waals surface area contributed by atoms with Crippen LogP contribution in [0, 0.1) is 11.8 Å². The highest BCUT2D eigenvalue weighted by atomic mass is 16.3. The van der Waals surface area contributed by atoms with Gasteiger partial charge in [0.2, 0.25) is 5.91 Å². The lowest BCUT2D eigenvalue weighted by molar-refractivity contribution is -0.118. The normalized spacial score (nSPS) is 17.0. The lowest BCUT2D eigenvalue weighted by Gasteiger charge is -2.30. The molecule has 24 heavy (non-hydrogen) atoms. The zero-order valence-electron chi connectivity index (χ0n) is 14.8. The van der Waals surface area contributed by atoms with Crippen LogP contribution in [0.5, 0.6) is 0 Å². The van der Waals surface area contributed by atoms with Crippen LogP contribution in [0.25, 0.3) is 0 Å². The van der Waals surface area contributed by atoms with E-state index in [1.54, 1.807) is 24.3 Å². The molecule has 1 saturated heterocycles. The summed E-state index contributed by atoms with van der Waals surface area (Å²) < 4.78 is 0. The minimum atomic E-state index is -0.646. The molecular formula is C19H28N2O3. The van der Waals surface area contributed by atoms with Gasteiger partial charge in [-0.1, -0.05) is 20.8 Å². The molecule has 0 aliphatic carbocycles. The highest BCUT2D eigenvalue weighted by molar-refractivity contribution is 5.96. The zero-order valence-corrected chi connectivity index (χ0v) is 14.8. The van der Waals surface area contributed by atoms with Crippen molar-refractivity contribution >= 4 is 17.5 Å². The molecule has 1 aromatic carbocycles. The quantitative estimate of drug-likeness (QED) is 0.871. The van der Waals surface area contributed by atoms with Gasteiger partial charge in [-0.15, -0.1) is 0 Å². The van der Waals surface area contributed by atoms with Crippen LogP contribution >= 0.6 is 0 Å². The van der Waals surface area contributed by atoms with Crippen molar-refractivity contribution in [3.63, 3.8) is 0 Å². The number of aliphatic hydroxyl groups is 1. The number of nitrogens with one attached hydrogen (secondary N) is 1. The molecule has 0 saturated carbocycles. The van der Waals surface area contributed by atoms with Crippen LogP contribution in [0.3, 0.4) is 0 Å². The van der Waals surface area contributed by atoms with Crippen LogP contribution in [-0.2, 0) is 4.79 Å². The average molecular weight is 332 g/mol. The summed E-state index contributed by atoms with van der Waals surface area (Å²) in [5.74, 6) is 0.561. The molecule has 0 spiro atoms. The van der Waals surface area contributed by atoms with Gasteiger partial charge in [0.1, 0.15) is 0 Å². The summed E-state index contributed by atoms with van der Waals surface area (Å²) in [7, 11) is 0. The predicted molar refractivity (Wildman–Crippen MR) is 94.8 cm³/mol. The first-order chi connectivity index (χ1) is 11.4. The molecule has 2 amide bonds. The standard InChI is InChI=1S/C19H28N2O3/c1-13(2)17(22)12-18(23)20-16-6-4-15(5-7-16)19(24)21-10-8-14(3)9-11-21/h4-7,13-14,17,22H,8-12H2,1-3H3,(H,20,23). The topological polar surface area (TPSA) is 69.6 Å². The molecule has 132 valence electrons. The Morgan fingerprint density at radius 2 is 1.79 bits per heavy atom. The molecule has 5 heteroatoms. The number of aliphatic hydroxyl groups excluding tert-OH is 1. The Hall–Kier alpha value is -1.88. The first kappa shape index (κ1) is 18.5. The number of likely N-dealkylation sites (tertiary alicyclic amines) is 1. The SMILES string of the molecule is CC1CCN(C(=O)c2ccc(NC(=O)CC(O)C(C)C)cc2)CC1.